The molecule has 2 nitrogen and oxygen atoms in total. The average molecular weight is 213 g/mol. The van der Waals surface area contributed by atoms with Crippen LogP contribution in [-0.4, -0.2) is 10.4 Å². The van der Waals surface area contributed by atoms with Crippen molar-refractivity contribution < 1.29 is 4.79 Å². The lowest BCUT2D eigenvalue weighted by atomic mass is 10.1. The molecule has 1 heterocycles. The van der Waals surface area contributed by atoms with Crippen molar-refractivity contribution in [1.82, 2.24) is 4.57 Å². The van der Waals surface area contributed by atoms with Crippen LogP contribution in [-0.2, 0) is 7.05 Å². The maximum Gasteiger partial charge on any atom is 0.165 e. The number of hydrogen-bond donors (Lipinski definition) is 0. The van der Waals surface area contributed by atoms with Crippen LogP contribution in [0.4, 0.5) is 0 Å². The van der Waals surface area contributed by atoms with Gasteiger partial charge in [0, 0.05) is 36.1 Å². The number of nitrogens with zero attached hydrogens (tertiary/aromatic N) is 1. The van der Waals surface area contributed by atoms with Crippen LogP contribution >= 0.6 is 0 Å². The van der Waals surface area contributed by atoms with Gasteiger partial charge in [0.1, 0.15) is 0 Å². The minimum atomic E-state index is 0.305. The van der Waals surface area contributed by atoms with Gasteiger partial charge in [-0.2, -0.15) is 0 Å². The van der Waals surface area contributed by atoms with Crippen molar-refractivity contribution in [2.45, 2.75) is 19.3 Å². The molecule has 3 rings (SSSR count). The summed E-state index contributed by atoms with van der Waals surface area (Å²) < 4.78 is 2.04. The van der Waals surface area contributed by atoms with E-state index in [2.05, 4.69) is 6.07 Å². The maximum absolute atomic E-state index is 12.1. The number of aromatic nitrogens is 1. The second-order valence-electron chi connectivity index (χ2n) is 4.74. The number of Topliss-reactive ketones (excluding diaryl/α,β-unsaturated/α-hetero) is 1. The van der Waals surface area contributed by atoms with E-state index >= 15 is 0 Å². The van der Waals surface area contributed by atoms with Crippen molar-refractivity contribution in [3.05, 3.63) is 36.0 Å². The van der Waals surface area contributed by atoms with E-state index in [4.69, 9.17) is 0 Å². The van der Waals surface area contributed by atoms with E-state index in [0.717, 1.165) is 22.9 Å². The quantitative estimate of drug-likeness (QED) is 0.718. The summed E-state index contributed by atoms with van der Waals surface area (Å²) in [6, 6.07) is 8.10. The van der Waals surface area contributed by atoms with Gasteiger partial charge in [0.05, 0.1) is 0 Å². The molecule has 0 radical (unpaired) electrons. The molecule has 1 aromatic carbocycles. The number of aryl methyl sites for hydroxylation is 1. The monoisotopic (exact) mass is 213 g/mol. The largest absolute Gasteiger partial charge is 0.350 e. The molecule has 16 heavy (non-hydrogen) atoms. The smallest absolute Gasteiger partial charge is 0.165 e. The van der Waals surface area contributed by atoms with Crippen LogP contribution in [0.3, 0.4) is 0 Å². The summed E-state index contributed by atoms with van der Waals surface area (Å²) in [5, 5.41) is 1.09. The van der Waals surface area contributed by atoms with Gasteiger partial charge in [0.15, 0.2) is 5.78 Å². The molecule has 1 fully saturated rings. The molecular formula is C14H15NO. The Morgan fingerprint density at radius 3 is 2.88 bits per heavy atom. The number of carbonyl (C=O) groups is 1. The number of benzene rings is 1. The van der Waals surface area contributed by atoms with Crippen LogP contribution in [0.15, 0.2) is 30.5 Å². The first-order valence-electron chi connectivity index (χ1n) is 5.83. The highest BCUT2D eigenvalue weighted by atomic mass is 16.1. The van der Waals surface area contributed by atoms with Gasteiger partial charge >= 0.3 is 0 Å². The van der Waals surface area contributed by atoms with E-state index in [0.29, 0.717) is 11.7 Å². The molecule has 2 heteroatoms. The highest BCUT2D eigenvalue weighted by Gasteiger charge is 2.26. The Balaban J connectivity index is 2.05. The molecule has 0 amide bonds. The number of para-hydroxylation sites is 1. The van der Waals surface area contributed by atoms with Gasteiger partial charge in [-0.3, -0.25) is 4.79 Å². The first-order chi connectivity index (χ1) is 7.75. The molecule has 1 aliphatic rings. The fourth-order valence-corrected chi connectivity index (χ4v) is 2.26. The van der Waals surface area contributed by atoms with Crippen LogP contribution in [0.2, 0.25) is 0 Å². The topological polar surface area (TPSA) is 22.0 Å². The van der Waals surface area contributed by atoms with E-state index in [1.807, 2.05) is 36.0 Å². The lowest BCUT2D eigenvalue weighted by Gasteiger charge is -1.96. The normalized spacial score (nSPS) is 15.6. The first kappa shape index (κ1) is 9.64. The molecule has 1 aromatic heterocycles. The first-order valence-corrected chi connectivity index (χ1v) is 5.83. The number of fused-ring (bicyclic) bond motifs is 1. The van der Waals surface area contributed by atoms with Gasteiger partial charge in [-0.15, -0.1) is 0 Å². The summed E-state index contributed by atoms with van der Waals surface area (Å²) in [6.45, 7) is 0. The Kier molecular flexibility index (Phi) is 2.10. The van der Waals surface area contributed by atoms with Crippen LogP contribution in [0, 0.1) is 5.92 Å². The average Bonchev–Trinajstić information content (AvgIpc) is 3.03. The van der Waals surface area contributed by atoms with Crippen molar-refractivity contribution in [3.63, 3.8) is 0 Å². The fraction of sp³-hybridized carbons (Fsp3) is 0.357. The SMILES string of the molecule is Cn1cc(C(=O)CC2CC2)c2ccccc21. The Labute approximate surface area is 94.9 Å². The maximum atomic E-state index is 12.1. The second kappa shape index (κ2) is 3.48. The minimum absolute atomic E-state index is 0.305. The predicted molar refractivity (Wildman–Crippen MR) is 64.6 cm³/mol. The summed E-state index contributed by atoms with van der Waals surface area (Å²) in [7, 11) is 2.00. The van der Waals surface area contributed by atoms with Crippen molar-refractivity contribution >= 4 is 16.7 Å². The van der Waals surface area contributed by atoms with Crippen molar-refractivity contribution in [1.29, 1.82) is 0 Å². The Morgan fingerprint density at radius 2 is 2.12 bits per heavy atom. The Morgan fingerprint density at radius 1 is 1.38 bits per heavy atom. The lowest BCUT2D eigenvalue weighted by molar-refractivity contribution is 0.0977. The number of hydrogen-bond acceptors (Lipinski definition) is 1. The van der Waals surface area contributed by atoms with E-state index in [9.17, 15) is 4.79 Å². The van der Waals surface area contributed by atoms with E-state index in [1.165, 1.54) is 12.8 Å². The zero-order valence-corrected chi connectivity index (χ0v) is 9.44. The van der Waals surface area contributed by atoms with Gasteiger partial charge in [-0.05, 0) is 24.8 Å². The molecule has 0 atom stereocenters. The Hall–Kier alpha value is -1.57. The molecule has 0 N–H and O–H groups in total. The highest BCUT2D eigenvalue weighted by molar-refractivity contribution is 6.08. The summed E-state index contributed by atoms with van der Waals surface area (Å²) >= 11 is 0. The van der Waals surface area contributed by atoms with Crippen LogP contribution < -0.4 is 0 Å². The lowest BCUT2D eigenvalue weighted by Crippen LogP contribution is -1.98. The van der Waals surface area contributed by atoms with Crippen molar-refractivity contribution in [3.8, 4) is 0 Å². The molecule has 1 aliphatic carbocycles. The second-order valence-corrected chi connectivity index (χ2v) is 4.74. The molecule has 0 saturated heterocycles. The van der Waals surface area contributed by atoms with Crippen LogP contribution in [0.25, 0.3) is 10.9 Å². The zero-order chi connectivity index (χ0) is 11.1. The third kappa shape index (κ3) is 1.54. The summed E-state index contributed by atoms with van der Waals surface area (Å²) in [5.74, 6) is 0.964. The van der Waals surface area contributed by atoms with E-state index in [-0.39, 0.29) is 0 Å². The van der Waals surface area contributed by atoms with Crippen molar-refractivity contribution in [2.75, 3.05) is 0 Å². The fourth-order valence-electron chi connectivity index (χ4n) is 2.26. The van der Waals surface area contributed by atoms with Crippen molar-refractivity contribution in [2.24, 2.45) is 13.0 Å². The summed E-state index contributed by atoms with van der Waals surface area (Å²) in [6.07, 6.45) is 5.16. The molecule has 0 aliphatic heterocycles. The predicted octanol–water partition coefficient (Wildman–Crippen LogP) is 3.16. The molecule has 2 aromatic rings. The third-order valence-corrected chi connectivity index (χ3v) is 3.37. The van der Waals surface area contributed by atoms with Crippen LogP contribution in [0.1, 0.15) is 29.6 Å². The number of carbonyl (C=O) groups excluding carboxylic acids is 1. The van der Waals surface area contributed by atoms with E-state index in [1.54, 1.807) is 0 Å². The van der Waals surface area contributed by atoms with Gasteiger partial charge in [0.25, 0.3) is 0 Å². The Bertz CT molecular complexity index is 549. The van der Waals surface area contributed by atoms with Crippen LogP contribution in [0.5, 0.6) is 0 Å². The molecule has 82 valence electrons. The van der Waals surface area contributed by atoms with Gasteiger partial charge in [-0.25, -0.2) is 0 Å². The molecular weight excluding hydrogens is 198 g/mol. The number of ketones is 1. The molecule has 0 spiro atoms. The standard InChI is InChI=1S/C14H15NO/c1-15-9-12(14(16)8-10-6-7-10)11-4-2-3-5-13(11)15/h2-5,9-10H,6-8H2,1H3. The third-order valence-electron chi connectivity index (χ3n) is 3.37. The van der Waals surface area contributed by atoms with Gasteiger partial charge in [0.2, 0.25) is 0 Å². The molecule has 0 bridgehead atoms. The highest BCUT2D eigenvalue weighted by Crippen LogP contribution is 2.34. The summed E-state index contributed by atoms with van der Waals surface area (Å²) in [5.41, 5.74) is 2.03. The zero-order valence-electron chi connectivity index (χ0n) is 9.44. The summed E-state index contributed by atoms with van der Waals surface area (Å²) in [4.78, 5) is 12.1. The number of rotatable bonds is 3. The molecule has 0 unspecified atom stereocenters. The van der Waals surface area contributed by atoms with Gasteiger partial charge < -0.3 is 4.57 Å². The minimum Gasteiger partial charge on any atom is -0.350 e. The molecule has 1 saturated carbocycles. The van der Waals surface area contributed by atoms with Gasteiger partial charge in [-0.1, -0.05) is 18.2 Å². The van der Waals surface area contributed by atoms with E-state index < -0.39 is 0 Å².